The first-order chi connectivity index (χ1) is 6.29. The molecule has 2 heteroatoms. The zero-order valence-corrected chi connectivity index (χ0v) is 8.30. The molecule has 0 radical (unpaired) electrons. The molecule has 1 aliphatic rings. The van der Waals surface area contributed by atoms with E-state index in [1.54, 1.807) is 6.07 Å². The van der Waals surface area contributed by atoms with Crippen LogP contribution in [-0.4, -0.2) is 0 Å². The van der Waals surface area contributed by atoms with Crippen LogP contribution in [0.15, 0.2) is 18.2 Å². The summed E-state index contributed by atoms with van der Waals surface area (Å²) >= 11 is 0. The van der Waals surface area contributed by atoms with Crippen molar-refractivity contribution in [3.8, 4) is 0 Å². The standard InChI is InChI=1S/C9H9FO.C2H6/c1-6-9-7(5-11-6)3-2-4-8(9)10;1-2/h2-4,6H,5H2,1H3;1-2H3. The van der Waals surface area contributed by atoms with Crippen LogP contribution in [0.4, 0.5) is 4.39 Å². The minimum Gasteiger partial charge on any atom is -0.369 e. The molecule has 0 N–H and O–H groups in total. The van der Waals surface area contributed by atoms with Crippen molar-refractivity contribution in [2.45, 2.75) is 33.5 Å². The van der Waals surface area contributed by atoms with Crippen LogP contribution >= 0.6 is 0 Å². The number of benzene rings is 1. The lowest BCUT2D eigenvalue weighted by atomic mass is 10.1. The SMILES string of the molecule is CC.CC1OCc2cccc(F)c21. The first kappa shape index (κ1) is 10.2. The fourth-order valence-corrected chi connectivity index (χ4v) is 1.46. The Morgan fingerprint density at radius 3 is 2.69 bits per heavy atom. The van der Waals surface area contributed by atoms with E-state index in [0.29, 0.717) is 6.61 Å². The molecule has 1 aliphatic heterocycles. The predicted molar refractivity (Wildman–Crippen MR) is 51.0 cm³/mol. The second kappa shape index (κ2) is 4.38. The maximum absolute atomic E-state index is 13.1. The van der Waals surface area contributed by atoms with E-state index in [1.165, 1.54) is 6.07 Å². The van der Waals surface area contributed by atoms with Gasteiger partial charge in [-0.2, -0.15) is 0 Å². The largest absolute Gasteiger partial charge is 0.369 e. The Bertz CT molecular complexity index is 283. The number of fused-ring (bicyclic) bond motifs is 1. The van der Waals surface area contributed by atoms with E-state index in [1.807, 2.05) is 26.8 Å². The van der Waals surface area contributed by atoms with Gasteiger partial charge in [-0.15, -0.1) is 0 Å². The predicted octanol–water partition coefficient (Wildman–Crippen LogP) is 3.44. The van der Waals surface area contributed by atoms with Crippen molar-refractivity contribution in [3.05, 3.63) is 35.1 Å². The van der Waals surface area contributed by atoms with Gasteiger partial charge >= 0.3 is 0 Å². The lowest BCUT2D eigenvalue weighted by Crippen LogP contribution is -1.92. The first-order valence-corrected chi connectivity index (χ1v) is 4.68. The summed E-state index contributed by atoms with van der Waals surface area (Å²) < 4.78 is 18.3. The molecule has 1 aromatic carbocycles. The minimum absolute atomic E-state index is 0.0776. The average Bonchev–Trinajstić information content (AvgIpc) is 2.53. The van der Waals surface area contributed by atoms with Crippen LogP contribution in [0.1, 0.15) is 38.0 Å². The minimum atomic E-state index is -0.146. The van der Waals surface area contributed by atoms with Crippen molar-refractivity contribution >= 4 is 0 Å². The summed E-state index contributed by atoms with van der Waals surface area (Å²) in [7, 11) is 0. The summed E-state index contributed by atoms with van der Waals surface area (Å²) in [5, 5.41) is 0. The normalized spacial score (nSPS) is 18.9. The van der Waals surface area contributed by atoms with Crippen LogP contribution in [0.5, 0.6) is 0 Å². The first-order valence-electron chi connectivity index (χ1n) is 4.68. The summed E-state index contributed by atoms with van der Waals surface area (Å²) in [5.41, 5.74) is 1.71. The molecular weight excluding hydrogens is 167 g/mol. The van der Waals surface area contributed by atoms with E-state index in [-0.39, 0.29) is 11.9 Å². The molecule has 0 saturated carbocycles. The Morgan fingerprint density at radius 2 is 2.08 bits per heavy atom. The Morgan fingerprint density at radius 1 is 1.38 bits per heavy atom. The fourth-order valence-electron chi connectivity index (χ4n) is 1.46. The van der Waals surface area contributed by atoms with Crippen LogP contribution in [-0.2, 0) is 11.3 Å². The topological polar surface area (TPSA) is 9.23 Å². The zero-order valence-electron chi connectivity index (χ0n) is 8.30. The van der Waals surface area contributed by atoms with E-state index >= 15 is 0 Å². The number of rotatable bonds is 0. The van der Waals surface area contributed by atoms with Crippen LogP contribution in [0, 0.1) is 5.82 Å². The molecule has 0 fully saturated rings. The van der Waals surface area contributed by atoms with Gasteiger partial charge in [-0.25, -0.2) is 4.39 Å². The average molecular weight is 182 g/mol. The molecule has 1 atom stereocenters. The van der Waals surface area contributed by atoms with Crippen LogP contribution in [0.2, 0.25) is 0 Å². The maximum Gasteiger partial charge on any atom is 0.129 e. The molecule has 1 unspecified atom stereocenters. The van der Waals surface area contributed by atoms with E-state index in [2.05, 4.69) is 0 Å². The number of halogens is 1. The summed E-state index contributed by atoms with van der Waals surface area (Å²) in [4.78, 5) is 0. The fraction of sp³-hybridized carbons (Fsp3) is 0.455. The van der Waals surface area contributed by atoms with Crippen molar-refractivity contribution in [1.29, 1.82) is 0 Å². The Balaban J connectivity index is 0.000000396. The Labute approximate surface area is 78.5 Å². The number of hydrogen-bond donors (Lipinski definition) is 0. The summed E-state index contributed by atoms with van der Waals surface area (Å²) in [5.74, 6) is -0.146. The molecule has 1 aromatic rings. The quantitative estimate of drug-likeness (QED) is 0.597. The highest BCUT2D eigenvalue weighted by Crippen LogP contribution is 2.31. The third-order valence-corrected chi connectivity index (χ3v) is 2.04. The van der Waals surface area contributed by atoms with Crippen molar-refractivity contribution in [1.82, 2.24) is 0 Å². The van der Waals surface area contributed by atoms with Gasteiger partial charge in [-0.3, -0.25) is 0 Å². The van der Waals surface area contributed by atoms with E-state index < -0.39 is 0 Å². The van der Waals surface area contributed by atoms with Gasteiger partial charge in [0.15, 0.2) is 0 Å². The van der Waals surface area contributed by atoms with Gasteiger partial charge in [0.2, 0.25) is 0 Å². The van der Waals surface area contributed by atoms with Crippen LogP contribution in [0.25, 0.3) is 0 Å². The third kappa shape index (κ3) is 1.89. The van der Waals surface area contributed by atoms with Crippen molar-refractivity contribution in [2.24, 2.45) is 0 Å². The van der Waals surface area contributed by atoms with Gasteiger partial charge in [0.05, 0.1) is 12.7 Å². The van der Waals surface area contributed by atoms with Crippen molar-refractivity contribution in [3.63, 3.8) is 0 Å². The second-order valence-corrected chi connectivity index (χ2v) is 2.77. The van der Waals surface area contributed by atoms with Gasteiger partial charge in [0, 0.05) is 5.56 Å². The van der Waals surface area contributed by atoms with Crippen molar-refractivity contribution < 1.29 is 9.13 Å². The molecule has 2 rings (SSSR count). The zero-order chi connectivity index (χ0) is 9.84. The highest BCUT2D eigenvalue weighted by Gasteiger charge is 2.21. The Kier molecular flexibility index (Phi) is 3.43. The van der Waals surface area contributed by atoms with Gasteiger partial charge < -0.3 is 4.74 Å². The van der Waals surface area contributed by atoms with Gasteiger partial charge in [-0.05, 0) is 18.6 Å². The third-order valence-electron chi connectivity index (χ3n) is 2.04. The van der Waals surface area contributed by atoms with Crippen LogP contribution < -0.4 is 0 Å². The number of ether oxygens (including phenoxy) is 1. The lowest BCUT2D eigenvalue weighted by molar-refractivity contribution is 0.0781. The van der Waals surface area contributed by atoms with Gasteiger partial charge in [-0.1, -0.05) is 26.0 Å². The molecule has 1 heterocycles. The van der Waals surface area contributed by atoms with E-state index in [9.17, 15) is 4.39 Å². The highest BCUT2D eigenvalue weighted by atomic mass is 19.1. The Hall–Kier alpha value is -0.890. The lowest BCUT2D eigenvalue weighted by Gasteiger charge is -2.03. The van der Waals surface area contributed by atoms with E-state index in [0.717, 1.165) is 11.1 Å². The molecule has 0 bridgehead atoms. The van der Waals surface area contributed by atoms with Gasteiger partial charge in [0.1, 0.15) is 5.82 Å². The maximum atomic E-state index is 13.1. The molecule has 0 spiro atoms. The summed E-state index contributed by atoms with van der Waals surface area (Å²) in [6.45, 7) is 6.42. The molecule has 0 aliphatic carbocycles. The molecule has 0 saturated heterocycles. The summed E-state index contributed by atoms with van der Waals surface area (Å²) in [6.07, 6.45) is -0.0776. The molecular formula is C11H15FO. The van der Waals surface area contributed by atoms with Gasteiger partial charge in [0.25, 0.3) is 0 Å². The smallest absolute Gasteiger partial charge is 0.129 e. The molecule has 1 nitrogen and oxygen atoms in total. The number of hydrogen-bond acceptors (Lipinski definition) is 1. The molecule has 13 heavy (non-hydrogen) atoms. The van der Waals surface area contributed by atoms with Crippen LogP contribution in [0.3, 0.4) is 0 Å². The molecule has 0 amide bonds. The van der Waals surface area contributed by atoms with E-state index in [4.69, 9.17) is 4.74 Å². The molecule has 0 aromatic heterocycles. The molecule has 72 valence electrons. The monoisotopic (exact) mass is 182 g/mol. The second-order valence-electron chi connectivity index (χ2n) is 2.77. The highest BCUT2D eigenvalue weighted by molar-refractivity contribution is 5.32. The summed E-state index contributed by atoms with van der Waals surface area (Å²) in [6, 6.07) is 5.10. The van der Waals surface area contributed by atoms with Crippen molar-refractivity contribution in [2.75, 3.05) is 0 Å².